The number of nitrogens with zero attached hydrogens (tertiary/aromatic N) is 2. The SMILES string of the molecule is CN1C(=O)C=C[C@@]2(C)C1CC[C@@H]1[C@H]2CC[C@]2(C)C(c3cccc4ccnc(C(N)=O)c34)CC[C@@H]12. The summed E-state index contributed by atoms with van der Waals surface area (Å²) >= 11 is 0. The topological polar surface area (TPSA) is 76.3 Å². The second-order valence-corrected chi connectivity index (χ2v) is 11.8. The fourth-order valence-corrected chi connectivity index (χ4v) is 8.98. The summed E-state index contributed by atoms with van der Waals surface area (Å²) in [5, 5.41) is 2.01. The number of fused-ring (bicyclic) bond motifs is 6. The van der Waals surface area contributed by atoms with Gasteiger partial charge in [-0.1, -0.05) is 38.1 Å². The number of nitrogens with two attached hydrogens (primary N) is 1. The molecule has 0 radical (unpaired) electrons. The molecule has 5 nitrogen and oxygen atoms in total. The quantitative estimate of drug-likeness (QED) is 0.685. The molecule has 1 aliphatic heterocycles. The van der Waals surface area contributed by atoms with E-state index >= 15 is 0 Å². The Bertz CT molecular complexity index is 1220. The van der Waals surface area contributed by atoms with E-state index in [9.17, 15) is 9.59 Å². The van der Waals surface area contributed by atoms with Crippen molar-refractivity contribution in [3.8, 4) is 0 Å². The van der Waals surface area contributed by atoms with Crippen LogP contribution >= 0.6 is 0 Å². The summed E-state index contributed by atoms with van der Waals surface area (Å²) in [6.45, 7) is 4.91. The smallest absolute Gasteiger partial charge is 0.267 e. The maximum Gasteiger partial charge on any atom is 0.267 e. The number of likely N-dealkylation sites (N-methyl/N-ethyl adjacent to an activating group) is 1. The minimum absolute atomic E-state index is 0.0630. The van der Waals surface area contributed by atoms with Crippen molar-refractivity contribution in [1.29, 1.82) is 0 Å². The zero-order valence-corrected chi connectivity index (χ0v) is 20.5. The van der Waals surface area contributed by atoms with Crippen molar-refractivity contribution in [2.24, 2.45) is 34.3 Å². The van der Waals surface area contributed by atoms with Crippen LogP contribution in [0.15, 0.2) is 42.6 Å². The van der Waals surface area contributed by atoms with Gasteiger partial charge < -0.3 is 10.6 Å². The third-order valence-electron chi connectivity index (χ3n) is 10.6. The average molecular weight is 458 g/mol. The zero-order valence-electron chi connectivity index (χ0n) is 20.5. The van der Waals surface area contributed by atoms with Gasteiger partial charge in [0, 0.05) is 30.1 Å². The van der Waals surface area contributed by atoms with E-state index in [0.29, 0.717) is 35.4 Å². The Kier molecular flexibility index (Phi) is 4.75. The van der Waals surface area contributed by atoms with Crippen molar-refractivity contribution < 1.29 is 9.59 Å². The van der Waals surface area contributed by atoms with E-state index in [1.807, 2.05) is 24.1 Å². The number of rotatable bonds is 2. The van der Waals surface area contributed by atoms with Gasteiger partial charge >= 0.3 is 0 Å². The van der Waals surface area contributed by atoms with Crippen LogP contribution in [0.2, 0.25) is 0 Å². The van der Waals surface area contributed by atoms with Crippen LogP contribution in [0.5, 0.6) is 0 Å². The summed E-state index contributed by atoms with van der Waals surface area (Å²) in [7, 11) is 1.98. The monoisotopic (exact) mass is 457 g/mol. The summed E-state index contributed by atoms with van der Waals surface area (Å²) in [4.78, 5) is 31.0. The van der Waals surface area contributed by atoms with Crippen LogP contribution in [0.25, 0.3) is 10.8 Å². The number of pyridine rings is 1. The molecule has 0 bridgehead atoms. The Balaban J connectivity index is 1.39. The highest BCUT2D eigenvalue weighted by Gasteiger charge is 2.60. The highest BCUT2D eigenvalue weighted by molar-refractivity contribution is 6.06. The van der Waals surface area contributed by atoms with E-state index in [2.05, 4.69) is 43.1 Å². The molecule has 5 heteroatoms. The lowest BCUT2D eigenvalue weighted by molar-refractivity contribution is -0.138. The molecule has 178 valence electrons. The molecule has 1 aromatic carbocycles. The molecule has 3 aliphatic carbocycles. The summed E-state index contributed by atoms with van der Waals surface area (Å²) in [5.41, 5.74) is 7.68. The molecule has 6 rings (SSSR count). The Labute approximate surface area is 201 Å². The van der Waals surface area contributed by atoms with Gasteiger partial charge in [-0.05, 0) is 90.7 Å². The predicted molar refractivity (Wildman–Crippen MR) is 133 cm³/mol. The Morgan fingerprint density at radius 1 is 1.09 bits per heavy atom. The van der Waals surface area contributed by atoms with Gasteiger partial charge in [-0.15, -0.1) is 0 Å². The minimum Gasteiger partial charge on any atom is -0.364 e. The van der Waals surface area contributed by atoms with E-state index < -0.39 is 5.91 Å². The van der Waals surface area contributed by atoms with E-state index in [0.717, 1.165) is 23.6 Å². The lowest BCUT2D eigenvalue weighted by Crippen LogP contribution is -2.59. The molecule has 0 saturated heterocycles. The van der Waals surface area contributed by atoms with Gasteiger partial charge in [0.05, 0.1) is 0 Å². The lowest BCUT2D eigenvalue weighted by atomic mass is 9.47. The zero-order chi connectivity index (χ0) is 23.8. The van der Waals surface area contributed by atoms with Crippen molar-refractivity contribution in [2.45, 2.75) is 64.3 Å². The highest BCUT2D eigenvalue weighted by atomic mass is 16.2. The Morgan fingerprint density at radius 3 is 2.71 bits per heavy atom. The van der Waals surface area contributed by atoms with Crippen molar-refractivity contribution >= 4 is 22.6 Å². The summed E-state index contributed by atoms with van der Waals surface area (Å²) in [5.74, 6) is 2.06. The predicted octanol–water partition coefficient (Wildman–Crippen LogP) is 5.06. The molecule has 34 heavy (non-hydrogen) atoms. The number of carbonyl (C=O) groups is 2. The van der Waals surface area contributed by atoms with Crippen molar-refractivity contribution in [3.05, 3.63) is 53.9 Å². The summed E-state index contributed by atoms with van der Waals surface area (Å²) < 4.78 is 0. The fourth-order valence-electron chi connectivity index (χ4n) is 8.98. The number of primary amides is 1. The van der Waals surface area contributed by atoms with Crippen LogP contribution in [-0.4, -0.2) is 34.8 Å². The first-order chi connectivity index (χ1) is 16.3. The Morgan fingerprint density at radius 2 is 1.91 bits per heavy atom. The first kappa shape index (κ1) is 21.8. The molecular weight excluding hydrogens is 422 g/mol. The normalized spacial score (nSPS) is 39.0. The number of carbonyl (C=O) groups excluding carboxylic acids is 2. The van der Waals surface area contributed by atoms with Crippen LogP contribution in [0, 0.1) is 28.6 Å². The van der Waals surface area contributed by atoms with E-state index in [-0.39, 0.29) is 16.7 Å². The van der Waals surface area contributed by atoms with Gasteiger partial charge in [-0.2, -0.15) is 0 Å². The fraction of sp³-hybridized carbons (Fsp3) is 0.552. The molecule has 3 fully saturated rings. The molecule has 2 heterocycles. The number of benzene rings is 1. The van der Waals surface area contributed by atoms with Gasteiger partial charge in [0.1, 0.15) is 5.69 Å². The highest BCUT2D eigenvalue weighted by Crippen LogP contribution is 2.67. The summed E-state index contributed by atoms with van der Waals surface area (Å²) in [6, 6.07) is 8.70. The number of amides is 2. The van der Waals surface area contributed by atoms with Crippen molar-refractivity contribution in [1.82, 2.24) is 9.88 Å². The van der Waals surface area contributed by atoms with Crippen LogP contribution in [0.1, 0.15) is 74.3 Å². The van der Waals surface area contributed by atoms with Crippen LogP contribution in [0.3, 0.4) is 0 Å². The molecule has 2 N–H and O–H groups in total. The molecular formula is C29H35N3O2. The molecule has 1 aromatic heterocycles. The lowest BCUT2D eigenvalue weighted by Gasteiger charge is -2.60. The third-order valence-corrected chi connectivity index (χ3v) is 10.6. The molecule has 4 aliphatic rings. The maximum atomic E-state index is 12.4. The van der Waals surface area contributed by atoms with Crippen LogP contribution in [0.4, 0.5) is 0 Å². The van der Waals surface area contributed by atoms with Crippen LogP contribution in [-0.2, 0) is 4.79 Å². The molecule has 2 aromatic rings. The minimum atomic E-state index is -0.449. The van der Waals surface area contributed by atoms with Gasteiger partial charge in [-0.25, -0.2) is 0 Å². The Hall–Kier alpha value is -2.69. The average Bonchev–Trinajstić information content (AvgIpc) is 3.18. The third kappa shape index (κ3) is 2.82. The number of aromatic nitrogens is 1. The summed E-state index contributed by atoms with van der Waals surface area (Å²) in [6.07, 6.45) is 12.8. The van der Waals surface area contributed by atoms with Crippen molar-refractivity contribution in [3.63, 3.8) is 0 Å². The second kappa shape index (κ2) is 7.40. The van der Waals surface area contributed by atoms with Crippen molar-refractivity contribution in [2.75, 3.05) is 7.05 Å². The van der Waals surface area contributed by atoms with E-state index in [4.69, 9.17) is 5.73 Å². The number of hydrogen-bond acceptors (Lipinski definition) is 3. The maximum absolute atomic E-state index is 12.4. The van der Waals surface area contributed by atoms with E-state index in [1.54, 1.807) is 6.20 Å². The van der Waals surface area contributed by atoms with Gasteiger partial charge in [0.25, 0.3) is 5.91 Å². The first-order valence-electron chi connectivity index (χ1n) is 12.9. The largest absolute Gasteiger partial charge is 0.364 e. The molecule has 3 saturated carbocycles. The van der Waals surface area contributed by atoms with Gasteiger partial charge in [0.2, 0.25) is 5.91 Å². The van der Waals surface area contributed by atoms with Crippen LogP contribution < -0.4 is 5.73 Å². The van der Waals surface area contributed by atoms with Gasteiger partial charge in [-0.3, -0.25) is 14.6 Å². The first-order valence-corrected chi connectivity index (χ1v) is 12.9. The molecule has 7 atom stereocenters. The standard InChI is InChI=1S/C29H35N3O2/c1-28-14-11-22-18(7-10-23-29(22,2)15-12-24(33)32(23)3)20(28)8-9-21(28)19-6-4-5-17-13-16-31-26(25(17)19)27(30)34/h4-6,12-13,15-16,18,20-23H,7-11,14H2,1-3H3,(H2,30,34)/t18-,20-,21?,22+,23?,28-,29+/m0/s1. The van der Waals surface area contributed by atoms with E-state index in [1.165, 1.54) is 31.2 Å². The van der Waals surface area contributed by atoms with Gasteiger partial charge in [0.15, 0.2) is 0 Å². The molecule has 0 spiro atoms. The second-order valence-electron chi connectivity index (χ2n) is 11.8. The molecule has 2 amide bonds. The molecule has 2 unspecified atom stereocenters. The number of hydrogen-bond donors (Lipinski definition) is 1.